The first-order valence-electron chi connectivity index (χ1n) is 8.42. The number of thiazole rings is 2. The molecule has 0 aliphatic carbocycles. The van der Waals surface area contributed by atoms with E-state index in [1.807, 2.05) is 61.7 Å². The number of hydrogen-bond donors (Lipinski definition) is 1. The highest BCUT2D eigenvalue weighted by Gasteiger charge is 2.16. The van der Waals surface area contributed by atoms with Crippen molar-refractivity contribution < 1.29 is 9.21 Å². The van der Waals surface area contributed by atoms with Gasteiger partial charge in [-0.3, -0.25) is 4.79 Å². The predicted octanol–water partition coefficient (Wildman–Crippen LogP) is 5.07. The van der Waals surface area contributed by atoms with E-state index in [1.54, 1.807) is 11.3 Å². The van der Waals surface area contributed by atoms with Crippen molar-refractivity contribution in [3.05, 3.63) is 69.2 Å². The minimum Gasteiger partial charge on any atom is -0.458 e. The van der Waals surface area contributed by atoms with Crippen LogP contribution in [0.5, 0.6) is 0 Å². The predicted molar refractivity (Wildman–Crippen MR) is 108 cm³/mol. The molecule has 4 aromatic rings. The second kappa shape index (κ2) is 7.46. The molecule has 0 atom stereocenters. The summed E-state index contributed by atoms with van der Waals surface area (Å²) in [6, 6.07) is 13.6. The first kappa shape index (κ1) is 17.6. The van der Waals surface area contributed by atoms with Gasteiger partial charge < -0.3 is 9.73 Å². The molecule has 0 saturated heterocycles. The van der Waals surface area contributed by atoms with Crippen molar-refractivity contribution in [3.63, 3.8) is 0 Å². The maximum absolute atomic E-state index is 12.6. The van der Waals surface area contributed by atoms with Gasteiger partial charge in [-0.1, -0.05) is 30.3 Å². The second-order valence-electron chi connectivity index (χ2n) is 6.00. The molecule has 5 nitrogen and oxygen atoms in total. The topological polar surface area (TPSA) is 68.0 Å². The van der Waals surface area contributed by atoms with Crippen molar-refractivity contribution in [1.82, 2.24) is 15.3 Å². The average molecular weight is 396 g/mol. The summed E-state index contributed by atoms with van der Waals surface area (Å²) in [5, 5.41) is 6.71. The van der Waals surface area contributed by atoms with Crippen molar-refractivity contribution in [3.8, 4) is 22.0 Å². The van der Waals surface area contributed by atoms with Gasteiger partial charge in [0.15, 0.2) is 5.76 Å². The molecule has 0 fully saturated rings. The number of benzene rings is 1. The summed E-state index contributed by atoms with van der Waals surface area (Å²) in [7, 11) is 0. The fourth-order valence-electron chi connectivity index (χ4n) is 2.65. The number of amides is 1. The van der Waals surface area contributed by atoms with Gasteiger partial charge in [0.2, 0.25) is 0 Å². The number of hydrogen-bond acceptors (Lipinski definition) is 6. The van der Waals surface area contributed by atoms with Gasteiger partial charge in [-0.25, -0.2) is 9.97 Å². The van der Waals surface area contributed by atoms with Crippen LogP contribution in [-0.4, -0.2) is 15.9 Å². The fourth-order valence-corrected chi connectivity index (χ4v) is 4.24. The minimum atomic E-state index is -0.144. The van der Waals surface area contributed by atoms with E-state index in [9.17, 15) is 4.79 Å². The van der Waals surface area contributed by atoms with Gasteiger partial charge in [-0.15, -0.1) is 22.7 Å². The standard InChI is InChI=1S/C20H17N3O2S2/c1-12-18(27-20(22-12)14-6-4-3-5-7-14)19(24)21-10-15-8-9-17(25-15)16-11-26-13(2)23-16/h3-9,11H,10H2,1-2H3,(H,21,24). The molecule has 1 amide bonds. The molecule has 0 aliphatic heterocycles. The average Bonchev–Trinajstić information content (AvgIpc) is 3.40. The molecule has 7 heteroatoms. The summed E-state index contributed by atoms with van der Waals surface area (Å²) in [5.74, 6) is 1.26. The number of rotatable bonds is 5. The van der Waals surface area contributed by atoms with Crippen LogP contribution in [0.2, 0.25) is 0 Å². The zero-order valence-electron chi connectivity index (χ0n) is 14.9. The highest BCUT2D eigenvalue weighted by molar-refractivity contribution is 7.17. The molecule has 0 unspecified atom stereocenters. The number of carbonyl (C=O) groups excluding carboxylic acids is 1. The van der Waals surface area contributed by atoms with E-state index in [2.05, 4.69) is 15.3 Å². The Hall–Kier alpha value is -2.77. The Balaban J connectivity index is 1.44. The van der Waals surface area contributed by atoms with Gasteiger partial charge >= 0.3 is 0 Å². The number of nitrogens with one attached hydrogen (secondary N) is 1. The summed E-state index contributed by atoms with van der Waals surface area (Å²) in [4.78, 5) is 22.1. The van der Waals surface area contributed by atoms with Crippen molar-refractivity contribution in [1.29, 1.82) is 0 Å². The number of aryl methyl sites for hydroxylation is 2. The van der Waals surface area contributed by atoms with Crippen LogP contribution in [0.15, 0.2) is 52.3 Å². The molecule has 0 saturated carbocycles. The molecule has 0 spiro atoms. The molecule has 4 rings (SSSR count). The molecule has 3 aromatic heterocycles. The van der Waals surface area contributed by atoms with Gasteiger partial charge in [0.05, 0.1) is 17.2 Å². The smallest absolute Gasteiger partial charge is 0.263 e. The van der Waals surface area contributed by atoms with Gasteiger partial charge in [0.25, 0.3) is 5.91 Å². The lowest BCUT2D eigenvalue weighted by molar-refractivity contribution is 0.0951. The summed E-state index contributed by atoms with van der Waals surface area (Å²) in [5.41, 5.74) is 2.56. The van der Waals surface area contributed by atoms with Crippen molar-refractivity contribution >= 4 is 28.6 Å². The van der Waals surface area contributed by atoms with Crippen LogP contribution in [0.25, 0.3) is 22.0 Å². The van der Waals surface area contributed by atoms with Gasteiger partial charge in [0, 0.05) is 10.9 Å². The highest BCUT2D eigenvalue weighted by Crippen LogP contribution is 2.28. The molecule has 1 aromatic carbocycles. The molecule has 3 heterocycles. The number of aromatic nitrogens is 2. The SMILES string of the molecule is Cc1nc(-c2ccc(CNC(=O)c3sc(-c4ccccc4)nc3C)o2)cs1. The van der Waals surface area contributed by atoms with E-state index in [0.29, 0.717) is 22.9 Å². The Morgan fingerprint density at radius 1 is 1.11 bits per heavy atom. The maximum Gasteiger partial charge on any atom is 0.263 e. The van der Waals surface area contributed by atoms with E-state index < -0.39 is 0 Å². The number of nitrogens with zero attached hydrogens (tertiary/aromatic N) is 2. The number of carbonyl (C=O) groups is 1. The van der Waals surface area contributed by atoms with Gasteiger partial charge in [0.1, 0.15) is 21.3 Å². The largest absolute Gasteiger partial charge is 0.458 e. The van der Waals surface area contributed by atoms with Crippen LogP contribution in [0, 0.1) is 13.8 Å². The second-order valence-corrected chi connectivity index (χ2v) is 8.06. The Morgan fingerprint density at radius 3 is 2.67 bits per heavy atom. The summed E-state index contributed by atoms with van der Waals surface area (Å²) < 4.78 is 5.79. The van der Waals surface area contributed by atoms with Crippen LogP contribution in [-0.2, 0) is 6.54 Å². The molecular weight excluding hydrogens is 378 g/mol. The third-order valence-corrected chi connectivity index (χ3v) is 5.96. The van der Waals surface area contributed by atoms with E-state index in [0.717, 1.165) is 27.0 Å². The highest BCUT2D eigenvalue weighted by atomic mass is 32.1. The van der Waals surface area contributed by atoms with Crippen LogP contribution in [0.3, 0.4) is 0 Å². The zero-order chi connectivity index (χ0) is 18.8. The van der Waals surface area contributed by atoms with Crippen molar-refractivity contribution in [2.45, 2.75) is 20.4 Å². The molecule has 0 aliphatic rings. The Bertz CT molecular complexity index is 1080. The lowest BCUT2D eigenvalue weighted by atomic mass is 10.2. The molecule has 1 N–H and O–H groups in total. The van der Waals surface area contributed by atoms with E-state index >= 15 is 0 Å². The Labute approximate surface area is 164 Å². The van der Waals surface area contributed by atoms with E-state index in [4.69, 9.17) is 4.42 Å². The Kier molecular flexibility index (Phi) is 4.87. The third kappa shape index (κ3) is 3.84. The van der Waals surface area contributed by atoms with Gasteiger partial charge in [-0.05, 0) is 26.0 Å². The van der Waals surface area contributed by atoms with Crippen LogP contribution in [0.4, 0.5) is 0 Å². The van der Waals surface area contributed by atoms with Gasteiger partial charge in [-0.2, -0.15) is 0 Å². The molecule has 0 bridgehead atoms. The molecule has 0 radical (unpaired) electrons. The first-order chi connectivity index (χ1) is 13.1. The van der Waals surface area contributed by atoms with Crippen LogP contribution in [0.1, 0.15) is 26.1 Å². The summed E-state index contributed by atoms with van der Waals surface area (Å²) >= 11 is 2.98. The van der Waals surface area contributed by atoms with E-state index in [-0.39, 0.29) is 5.91 Å². The summed E-state index contributed by atoms with van der Waals surface area (Å²) in [6.07, 6.45) is 0. The van der Waals surface area contributed by atoms with Crippen LogP contribution >= 0.6 is 22.7 Å². The maximum atomic E-state index is 12.6. The van der Waals surface area contributed by atoms with Crippen LogP contribution < -0.4 is 5.32 Å². The normalized spacial score (nSPS) is 10.9. The molecular formula is C20H17N3O2S2. The number of furan rings is 1. The van der Waals surface area contributed by atoms with E-state index in [1.165, 1.54) is 11.3 Å². The van der Waals surface area contributed by atoms with Crippen molar-refractivity contribution in [2.75, 3.05) is 0 Å². The fraction of sp³-hybridized carbons (Fsp3) is 0.150. The summed E-state index contributed by atoms with van der Waals surface area (Å²) in [6.45, 7) is 4.13. The molecule has 136 valence electrons. The minimum absolute atomic E-state index is 0.144. The lowest BCUT2D eigenvalue weighted by Gasteiger charge is -2.01. The monoisotopic (exact) mass is 395 g/mol. The molecule has 27 heavy (non-hydrogen) atoms. The first-order valence-corrected chi connectivity index (χ1v) is 10.1. The Morgan fingerprint density at radius 2 is 1.93 bits per heavy atom. The zero-order valence-corrected chi connectivity index (χ0v) is 16.5. The quantitative estimate of drug-likeness (QED) is 0.512. The van der Waals surface area contributed by atoms with Crippen molar-refractivity contribution in [2.24, 2.45) is 0 Å². The third-order valence-electron chi connectivity index (χ3n) is 3.98. The lowest BCUT2D eigenvalue weighted by Crippen LogP contribution is -2.22.